The molecule has 3 aromatic rings. The molecule has 1 aromatic heterocycles. The lowest BCUT2D eigenvalue weighted by Crippen LogP contribution is -2.55. The molecule has 2 N–H and O–H groups in total. The molecule has 3 aliphatic rings. The third-order valence-corrected chi connectivity index (χ3v) is 5.08. The zero-order chi connectivity index (χ0) is 18.8. The average molecular weight is 366 g/mol. The van der Waals surface area contributed by atoms with E-state index in [0.29, 0.717) is 11.1 Å². The van der Waals surface area contributed by atoms with Gasteiger partial charge in [0.25, 0.3) is 0 Å². The first-order chi connectivity index (χ1) is 13.1. The highest BCUT2D eigenvalue weighted by Gasteiger charge is 2.21. The van der Waals surface area contributed by atoms with E-state index < -0.39 is 11.2 Å². The van der Waals surface area contributed by atoms with Gasteiger partial charge in [0.15, 0.2) is 5.76 Å². The van der Waals surface area contributed by atoms with Gasteiger partial charge in [0.1, 0.15) is 11.3 Å². The van der Waals surface area contributed by atoms with E-state index in [9.17, 15) is 15.0 Å². The molecule has 2 bridgehead atoms. The maximum absolute atomic E-state index is 12.1. The molecule has 0 saturated carbocycles. The van der Waals surface area contributed by atoms with Gasteiger partial charge in [-0.1, -0.05) is 30.3 Å². The van der Waals surface area contributed by atoms with Crippen molar-refractivity contribution in [2.24, 2.45) is 0 Å². The fourth-order valence-electron chi connectivity index (χ4n) is 3.48. The highest BCUT2D eigenvalue weighted by atomic mass is 16.4. The van der Waals surface area contributed by atoms with Crippen molar-refractivity contribution in [3.05, 3.63) is 58.8 Å². The van der Waals surface area contributed by atoms with Gasteiger partial charge >= 0.3 is 0 Å². The van der Waals surface area contributed by atoms with Crippen LogP contribution in [-0.2, 0) is 0 Å². The summed E-state index contributed by atoms with van der Waals surface area (Å²) in [5.41, 5.74) is 0.377. The minimum atomic E-state index is -0.559. The number of phenols is 1. The smallest absolute Gasteiger partial charge is 0.235 e. The van der Waals surface area contributed by atoms with E-state index >= 15 is 0 Å². The second kappa shape index (κ2) is 7.42. The van der Waals surface area contributed by atoms with Crippen molar-refractivity contribution in [1.29, 1.82) is 0 Å². The molecule has 3 saturated heterocycles. The first-order valence-corrected chi connectivity index (χ1v) is 9.11. The molecule has 0 radical (unpaired) electrons. The lowest BCUT2D eigenvalue weighted by molar-refractivity contribution is 0.0647. The largest absolute Gasteiger partial charge is 0.508 e. The lowest BCUT2D eigenvalue weighted by atomic mass is 10.1. The van der Waals surface area contributed by atoms with Crippen LogP contribution in [0.1, 0.15) is 0 Å². The third-order valence-electron chi connectivity index (χ3n) is 5.08. The van der Waals surface area contributed by atoms with Crippen molar-refractivity contribution in [3.8, 4) is 22.8 Å². The van der Waals surface area contributed by atoms with E-state index in [1.807, 2.05) is 6.07 Å². The Morgan fingerprint density at radius 2 is 1.41 bits per heavy atom. The fourth-order valence-corrected chi connectivity index (χ4v) is 3.48. The predicted molar refractivity (Wildman–Crippen MR) is 104 cm³/mol. The van der Waals surface area contributed by atoms with E-state index in [4.69, 9.17) is 4.42 Å². The number of fused-ring (bicyclic) bond motifs is 4. The zero-order valence-corrected chi connectivity index (χ0v) is 15.0. The zero-order valence-electron chi connectivity index (χ0n) is 15.0. The molecule has 3 aliphatic heterocycles. The quantitative estimate of drug-likeness (QED) is 0.689. The second-order valence-corrected chi connectivity index (χ2v) is 6.84. The van der Waals surface area contributed by atoms with Crippen molar-refractivity contribution < 1.29 is 14.6 Å². The van der Waals surface area contributed by atoms with E-state index in [1.54, 1.807) is 24.3 Å². The molecule has 6 heteroatoms. The van der Waals surface area contributed by atoms with Crippen LogP contribution in [0.2, 0.25) is 0 Å². The van der Waals surface area contributed by atoms with Gasteiger partial charge in [-0.2, -0.15) is 0 Å². The van der Waals surface area contributed by atoms with E-state index in [1.165, 1.54) is 57.5 Å². The number of hydrogen-bond donors (Lipinski definition) is 2. The van der Waals surface area contributed by atoms with Gasteiger partial charge in [0.05, 0.1) is 5.39 Å². The van der Waals surface area contributed by atoms with E-state index in [0.717, 1.165) is 0 Å². The van der Waals surface area contributed by atoms with Crippen LogP contribution < -0.4 is 5.43 Å². The Labute approximate surface area is 156 Å². The number of piperazine rings is 3. The molecule has 0 unspecified atom stereocenters. The Morgan fingerprint density at radius 1 is 0.815 bits per heavy atom. The van der Waals surface area contributed by atoms with Crippen LogP contribution in [0, 0.1) is 0 Å². The molecule has 0 aliphatic carbocycles. The maximum Gasteiger partial charge on any atom is 0.235 e. The summed E-state index contributed by atoms with van der Waals surface area (Å²) in [6, 6.07) is 13.1. The number of nitrogens with zero attached hydrogens (tertiary/aromatic N) is 2. The van der Waals surface area contributed by atoms with Gasteiger partial charge in [-0.05, 0) is 18.2 Å². The van der Waals surface area contributed by atoms with Crippen molar-refractivity contribution in [2.75, 3.05) is 39.3 Å². The molecular formula is C21H22N2O4. The van der Waals surface area contributed by atoms with Gasteiger partial charge in [-0.15, -0.1) is 0 Å². The SMILES string of the molecule is C1CN2CCN1CC2.O=c1c(O)c(-c2ccccc2)oc2ccc(O)cc12. The molecule has 0 spiro atoms. The van der Waals surface area contributed by atoms with Crippen LogP contribution in [0.3, 0.4) is 0 Å². The van der Waals surface area contributed by atoms with Gasteiger partial charge in [0, 0.05) is 44.8 Å². The minimum absolute atomic E-state index is 0.0494. The van der Waals surface area contributed by atoms with Crippen LogP contribution in [0.4, 0.5) is 0 Å². The number of aromatic hydroxyl groups is 2. The summed E-state index contributed by atoms with van der Waals surface area (Å²) in [4.78, 5) is 17.1. The molecular weight excluding hydrogens is 344 g/mol. The molecule has 2 aromatic carbocycles. The first-order valence-electron chi connectivity index (χ1n) is 9.11. The number of benzene rings is 2. The molecule has 0 atom stereocenters. The molecule has 4 heterocycles. The summed E-state index contributed by atoms with van der Waals surface area (Å²) in [7, 11) is 0. The van der Waals surface area contributed by atoms with Crippen molar-refractivity contribution in [2.45, 2.75) is 0 Å². The summed E-state index contributed by atoms with van der Waals surface area (Å²) in [6.07, 6.45) is 0. The Balaban J connectivity index is 0.000000186. The summed E-state index contributed by atoms with van der Waals surface area (Å²) in [5, 5.41) is 19.5. The van der Waals surface area contributed by atoms with Gasteiger partial charge in [-0.25, -0.2) is 0 Å². The fraction of sp³-hybridized carbons (Fsp3) is 0.286. The molecule has 6 nitrogen and oxygen atoms in total. The highest BCUT2D eigenvalue weighted by Crippen LogP contribution is 2.30. The monoisotopic (exact) mass is 366 g/mol. The van der Waals surface area contributed by atoms with Gasteiger partial charge in [-0.3, -0.25) is 14.6 Å². The van der Waals surface area contributed by atoms with Crippen LogP contribution in [-0.4, -0.2) is 59.3 Å². The van der Waals surface area contributed by atoms with Gasteiger partial charge in [0.2, 0.25) is 11.2 Å². The van der Waals surface area contributed by atoms with Crippen LogP contribution in [0.25, 0.3) is 22.3 Å². The van der Waals surface area contributed by atoms with Crippen molar-refractivity contribution in [3.63, 3.8) is 0 Å². The normalized spacial score (nSPS) is 20.9. The molecule has 140 valence electrons. The van der Waals surface area contributed by atoms with Crippen LogP contribution in [0.5, 0.6) is 11.5 Å². The average Bonchev–Trinajstić information content (AvgIpc) is 2.74. The Morgan fingerprint density at radius 3 is 1.96 bits per heavy atom. The second-order valence-electron chi connectivity index (χ2n) is 6.84. The number of rotatable bonds is 1. The van der Waals surface area contributed by atoms with E-state index in [2.05, 4.69) is 9.80 Å². The Bertz CT molecular complexity index is 969. The minimum Gasteiger partial charge on any atom is -0.508 e. The molecule has 6 rings (SSSR count). The summed E-state index contributed by atoms with van der Waals surface area (Å²) in [6.45, 7) is 7.92. The molecule has 3 fully saturated rings. The predicted octanol–water partition coefficient (Wildman–Crippen LogP) is 2.49. The van der Waals surface area contributed by atoms with Gasteiger partial charge < -0.3 is 14.6 Å². The Hall–Kier alpha value is -2.83. The highest BCUT2D eigenvalue weighted by molar-refractivity contribution is 5.82. The first kappa shape index (κ1) is 17.6. The summed E-state index contributed by atoms with van der Waals surface area (Å²) < 4.78 is 5.55. The number of phenolic OH excluding ortho intramolecular Hbond substituents is 1. The van der Waals surface area contributed by atoms with E-state index in [-0.39, 0.29) is 16.9 Å². The lowest BCUT2D eigenvalue weighted by Gasteiger charge is -2.41. The summed E-state index contributed by atoms with van der Waals surface area (Å²) in [5.74, 6) is -0.375. The number of hydrogen-bond acceptors (Lipinski definition) is 6. The maximum atomic E-state index is 12.1. The summed E-state index contributed by atoms with van der Waals surface area (Å²) >= 11 is 0. The Kier molecular flexibility index (Phi) is 4.83. The molecule has 0 amide bonds. The van der Waals surface area contributed by atoms with Crippen LogP contribution in [0.15, 0.2) is 57.7 Å². The third kappa shape index (κ3) is 3.67. The van der Waals surface area contributed by atoms with Crippen molar-refractivity contribution >= 4 is 11.0 Å². The topological polar surface area (TPSA) is 77.2 Å². The van der Waals surface area contributed by atoms with Crippen molar-refractivity contribution in [1.82, 2.24) is 9.80 Å². The molecule has 27 heavy (non-hydrogen) atoms. The van der Waals surface area contributed by atoms with Crippen LogP contribution >= 0.6 is 0 Å². The standard InChI is InChI=1S/C15H10O4.C6H12N2/c16-10-6-7-12-11(8-10)13(17)14(18)15(19-12)9-4-2-1-3-5-9;1-2-8-5-3-7(1)4-6-8/h1-8,16,18H;1-6H2.